The number of ether oxygens (including phenoxy) is 2. The van der Waals surface area contributed by atoms with E-state index < -0.39 is 5.92 Å². The van der Waals surface area contributed by atoms with Gasteiger partial charge in [0.1, 0.15) is 17.4 Å². The predicted molar refractivity (Wildman–Crippen MR) is 87.9 cm³/mol. The van der Waals surface area contributed by atoms with Gasteiger partial charge in [-0.2, -0.15) is 0 Å². The fourth-order valence-corrected chi connectivity index (χ4v) is 2.57. The number of hydrogen-bond donors (Lipinski definition) is 1. The van der Waals surface area contributed by atoms with Crippen LogP contribution >= 0.6 is 0 Å². The molecule has 1 heterocycles. The smallest absolute Gasteiger partial charge is 0.239 e. The molecule has 0 aliphatic carbocycles. The molecule has 1 aromatic rings. The Morgan fingerprint density at radius 1 is 1.30 bits per heavy atom. The van der Waals surface area contributed by atoms with Gasteiger partial charge in [0.25, 0.3) is 0 Å². The third kappa shape index (κ3) is 3.75. The standard InChI is InChI=1S/C17H24N2O4/c1-5-11(2)18-16(20)15-6-7-19(17(15)21)12-8-13(22-3)10-14(9-12)23-4/h8-11,15H,5-7H2,1-4H3,(H,18,20)/t11-,15+/m1/s1. The molecular formula is C17H24N2O4. The van der Waals surface area contributed by atoms with E-state index in [2.05, 4.69) is 5.32 Å². The van der Waals surface area contributed by atoms with Gasteiger partial charge in [0.2, 0.25) is 11.8 Å². The highest BCUT2D eigenvalue weighted by molar-refractivity contribution is 6.09. The van der Waals surface area contributed by atoms with Crippen LogP contribution in [0.4, 0.5) is 5.69 Å². The molecule has 0 saturated carbocycles. The molecule has 0 aromatic heterocycles. The molecular weight excluding hydrogens is 296 g/mol. The van der Waals surface area contributed by atoms with Crippen molar-refractivity contribution in [3.8, 4) is 11.5 Å². The first-order valence-corrected chi connectivity index (χ1v) is 7.85. The monoisotopic (exact) mass is 320 g/mol. The van der Waals surface area contributed by atoms with E-state index >= 15 is 0 Å². The molecule has 1 aliphatic heterocycles. The number of nitrogens with zero attached hydrogens (tertiary/aromatic N) is 1. The van der Waals surface area contributed by atoms with Crippen molar-refractivity contribution < 1.29 is 19.1 Å². The van der Waals surface area contributed by atoms with Crippen molar-refractivity contribution >= 4 is 17.5 Å². The van der Waals surface area contributed by atoms with Gasteiger partial charge in [-0.1, -0.05) is 6.92 Å². The Balaban J connectivity index is 2.17. The van der Waals surface area contributed by atoms with E-state index in [-0.39, 0.29) is 17.9 Å². The van der Waals surface area contributed by atoms with Crippen LogP contribution in [0, 0.1) is 5.92 Å². The molecule has 1 aliphatic rings. The topological polar surface area (TPSA) is 67.9 Å². The lowest BCUT2D eigenvalue weighted by molar-refractivity contribution is -0.132. The molecule has 0 radical (unpaired) electrons. The first-order valence-electron chi connectivity index (χ1n) is 7.85. The molecule has 1 N–H and O–H groups in total. The lowest BCUT2D eigenvalue weighted by Gasteiger charge is -2.19. The molecule has 2 amide bonds. The molecule has 1 saturated heterocycles. The minimum absolute atomic E-state index is 0.0706. The van der Waals surface area contributed by atoms with Crippen molar-refractivity contribution in [3.05, 3.63) is 18.2 Å². The van der Waals surface area contributed by atoms with Gasteiger partial charge in [-0.25, -0.2) is 0 Å². The van der Waals surface area contributed by atoms with E-state index in [0.717, 1.165) is 6.42 Å². The van der Waals surface area contributed by atoms with Crippen LogP contribution < -0.4 is 19.7 Å². The Labute approximate surface area is 136 Å². The number of carbonyl (C=O) groups is 2. The Hall–Kier alpha value is -2.24. The molecule has 1 fully saturated rings. The summed E-state index contributed by atoms with van der Waals surface area (Å²) < 4.78 is 10.5. The fourth-order valence-electron chi connectivity index (χ4n) is 2.57. The third-order valence-electron chi connectivity index (χ3n) is 4.17. The van der Waals surface area contributed by atoms with E-state index in [1.54, 1.807) is 37.3 Å². The molecule has 2 atom stereocenters. The summed E-state index contributed by atoms with van der Waals surface area (Å²) in [5.41, 5.74) is 0.685. The zero-order valence-electron chi connectivity index (χ0n) is 14.1. The van der Waals surface area contributed by atoms with E-state index in [1.807, 2.05) is 13.8 Å². The normalized spacial score (nSPS) is 18.7. The molecule has 0 spiro atoms. The zero-order valence-corrected chi connectivity index (χ0v) is 14.1. The van der Waals surface area contributed by atoms with Crippen LogP contribution in [0.1, 0.15) is 26.7 Å². The highest BCUT2D eigenvalue weighted by Gasteiger charge is 2.38. The van der Waals surface area contributed by atoms with Crippen LogP contribution in [0.15, 0.2) is 18.2 Å². The SMILES string of the molecule is CC[C@@H](C)NC(=O)[C@@H]1CCN(c2cc(OC)cc(OC)c2)C1=O. The third-order valence-corrected chi connectivity index (χ3v) is 4.17. The number of amides is 2. The highest BCUT2D eigenvalue weighted by atomic mass is 16.5. The maximum Gasteiger partial charge on any atom is 0.239 e. The van der Waals surface area contributed by atoms with Crippen LogP contribution in [-0.4, -0.2) is 38.6 Å². The van der Waals surface area contributed by atoms with Crippen LogP contribution in [0.5, 0.6) is 11.5 Å². The largest absolute Gasteiger partial charge is 0.497 e. The summed E-state index contributed by atoms with van der Waals surface area (Å²) in [5.74, 6) is 0.225. The fraction of sp³-hybridized carbons (Fsp3) is 0.529. The number of methoxy groups -OCH3 is 2. The summed E-state index contributed by atoms with van der Waals surface area (Å²) in [5, 5.41) is 2.88. The first-order chi connectivity index (χ1) is 11.0. The van der Waals surface area contributed by atoms with Crippen LogP contribution in [0.2, 0.25) is 0 Å². The van der Waals surface area contributed by atoms with Gasteiger partial charge in [-0.15, -0.1) is 0 Å². The maximum atomic E-state index is 12.6. The number of hydrogen-bond acceptors (Lipinski definition) is 4. The van der Waals surface area contributed by atoms with Gasteiger partial charge in [0, 0.05) is 30.8 Å². The zero-order chi connectivity index (χ0) is 17.0. The van der Waals surface area contributed by atoms with Crippen molar-refractivity contribution in [1.82, 2.24) is 5.32 Å². The average Bonchev–Trinajstić information content (AvgIpc) is 2.95. The van der Waals surface area contributed by atoms with Gasteiger partial charge in [0.05, 0.1) is 19.9 Å². The Kier molecular flexibility index (Phi) is 5.47. The van der Waals surface area contributed by atoms with Gasteiger partial charge in [-0.05, 0) is 19.8 Å². The van der Waals surface area contributed by atoms with Crippen LogP contribution in [0.3, 0.4) is 0 Å². The maximum absolute atomic E-state index is 12.6. The van der Waals surface area contributed by atoms with E-state index in [1.165, 1.54) is 0 Å². The van der Waals surface area contributed by atoms with Crippen molar-refractivity contribution in [2.24, 2.45) is 5.92 Å². The predicted octanol–water partition coefficient (Wildman–Crippen LogP) is 1.97. The number of nitrogens with one attached hydrogen (secondary N) is 1. The van der Waals surface area contributed by atoms with Gasteiger partial charge >= 0.3 is 0 Å². The molecule has 0 bridgehead atoms. The molecule has 0 unspecified atom stereocenters. The first kappa shape index (κ1) is 17.1. The van der Waals surface area contributed by atoms with E-state index in [9.17, 15) is 9.59 Å². The lowest BCUT2D eigenvalue weighted by atomic mass is 10.1. The minimum Gasteiger partial charge on any atom is -0.497 e. The lowest BCUT2D eigenvalue weighted by Crippen LogP contribution is -2.40. The summed E-state index contributed by atoms with van der Waals surface area (Å²) >= 11 is 0. The van der Waals surface area contributed by atoms with Crippen molar-refractivity contribution in [1.29, 1.82) is 0 Å². The minimum atomic E-state index is -0.624. The second kappa shape index (κ2) is 7.35. The van der Waals surface area contributed by atoms with Gasteiger partial charge in [0.15, 0.2) is 0 Å². The van der Waals surface area contributed by atoms with Gasteiger partial charge < -0.3 is 19.7 Å². The average molecular weight is 320 g/mol. The van der Waals surface area contributed by atoms with Crippen molar-refractivity contribution in [2.45, 2.75) is 32.7 Å². The van der Waals surface area contributed by atoms with Crippen molar-refractivity contribution in [3.63, 3.8) is 0 Å². The van der Waals surface area contributed by atoms with Crippen molar-refractivity contribution in [2.75, 3.05) is 25.7 Å². The summed E-state index contributed by atoms with van der Waals surface area (Å²) in [7, 11) is 3.12. The molecule has 126 valence electrons. The Bertz CT molecular complexity index is 566. The Morgan fingerprint density at radius 3 is 2.43 bits per heavy atom. The number of anilines is 1. The quantitative estimate of drug-likeness (QED) is 0.814. The number of rotatable bonds is 6. The number of carbonyl (C=O) groups excluding carboxylic acids is 2. The number of benzene rings is 1. The summed E-state index contributed by atoms with van der Waals surface area (Å²) in [4.78, 5) is 26.5. The Morgan fingerprint density at radius 2 is 1.91 bits per heavy atom. The van der Waals surface area contributed by atoms with E-state index in [0.29, 0.717) is 30.2 Å². The van der Waals surface area contributed by atoms with Crippen LogP contribution in [-0.2, 0) is 9.59 Å². The molecule has 1 aromatic carbocycles. The van der Waals surface area contributed by atoms with E-state index in [4.69, 9.17) is 9.47 Å². The van der Waals surface area contributed by atoms with Gasteiger partial charge in [-0.3, -0.25) is 9.59 Å². The summed E-state index contributed by atoms with van der Waals surface area (Å²) in [6.45, 7) is 4.44. The highest BCUT2D eigenvalue weighted by Crippen LogP contribution is 2.32. The molecule has 6 nitrogen and oxygen atoms in total. The molecule has 6 heteroatoms. The second-order valence-corrected chi connectivity index (χ2v) is 5.72. The van der Waals surface area contributed by atoms with Crippen LogP contribution in [0.25, 0.3) is 0 Å². The second-order valence-electron chi connectivity index (χ2n) is 5.72. The summed E-state index contributed by atoms with van der Waals surface area (Å²) in [6, 6.07) is 5.36. The molecule has 2 rings (SSSR count). The molecule has 23 heavy (non-hydrogen) atoms. The summed E-state index contributed by atoms with van der Waals surface area (Å²) in [6.07, 6.45) is 1.35.